The quantitative estimate of drug-likeness (QED) is 0.443. The number of allylic oxidation sites excluding steroid dienone is 1. The molecule has 4 aliphatic rings. The Balaban J connectivity index is 1.64. The van der Waals surface area contributed by atoms with Crippen molar-refractivity contribution in [2.45, 2.75) is 76.3 Å². The van der Waals surface area contributed by atoms with E-state index in [1.54, 1.807) is 9.80 Å². The van der Waals surface area contributed by atoms with Crippen molar-refractivity contribution in [3.63, 3.8) is 0 Å². The molecular weight excluding hydrogens is 496 g/mol. The van der Waals surface area contributed by atoms with Crippen molar-refractivity contribution < 1.29 is 29.0 Å². The normalized spacial score (nSPS) is 35.0. The molecule has 0 aromatic heterocycles. The third-order valence-electron chi connectivity index (χ3n) is 9.08. The van der Waals surface area contributed by atoms with Gasteiger partial charge in [0.15, 0.2) is 0 Å². The molecule has 0 saturated carbocycles. The number of rotatable bonds is 6. The van der Waals surface area contributed by atoms with E-state index in [0.717, 1.165) is 24.8 Å². The van der Waals surface area contributed by atoms with Crippen LogP contribution in [0.25, 0.3) is 0 Å². The number of hydrogen-bond acceptors (Lipinski definition) is 6. The van der Waals surface area contributed by atoms with Gasteiger partial charge in [0.05, 0.1) is 30.8 Å². The fourth-order valence-electron chi connectivity index (χ4n) is 6.90. The Kier molecular flexibility index (Phi) is 7.71. The molecule has 8 nitrogen and oxygen atoms in total. The van der Waals surface area contributed by atoms with E-state index >= 15 is 0 Å². The van der Waals surface area contributed by atoms with Crippen molar-refractivity contribution >= 4 is 17.8 Å². The van der Waals surface area contributed by atoms with Gasteiger partial charge in [-0.15, -0.1) is 0 Å². The molecule has 0 aliphatic carbocycles. The fourth-order valence-corrected chi connectivity index (χ4v) is 6.90. The largest absolute Gasteiger partial charge is 0.465 e. The molecule has 1 aromatic carbocycles. The lowest BCUT2D eigenvalue weighted by atomic mass is 9.74. The third kappa shape index (κ3) is 4.61. The van der Waals surface area contributed by atoms with Gasteiger partial charge >= 0.3 is 5.97 Å². The van der Waals surface area contributed by atoms with Crippen LogP contribution >= 0.6 is 0 Å². The molecular formula is C31H40N2O6. The zero-order valence-electron chi connectivity index (χ0n) is 23.1. The second kappa shape index (κ2) is 10.9. The number of nitrogens with zero attached hydrogens (tertiary/aromatic N) is 2. The minimum absolute atomic E-state index is 0.0697. The maximum absolute atomic E-state index is 14.5. The Bertz CT molecular complexity index is 1150. The number of carbonyl (C=O) groups excluding carboxylic acids is 3. The number of aliphatic hydroxyl groups is 1. The van der Waals surface area contributed by atoms with Crippen LogP contribution in [0.1, 0.15) is 52.0 Å². The second-order valence-corrected chi connectivity index (χ2v) is 11.6. The van der Waals surface area contributed by atoms with Crippen molar-refractivity contribution in [3.8, 4) is 0 Å². The number of benzene rings is 1. The number of cyclic esters (lactones) is 1. The first-order chi connectivity index (χ1) is 18.8. The smallest absolute Gasteiger partial charge is 0.313 e. The Hall–Kier alpha value is -2.97. The standard InChI is InChI=1S/C31H40N2O6/c1-4-21(2)23(20-34)33-26-28(36)32(19-22-13-8-7-9-14-22)17-12-16-31(26)24(27(33)35)25-29(37)38-18-11-6-5-10-15-30(25,3)39-31/h7-10,12-16,21,23-26,34H,4-6,11,17-20H2,1-3H3/b15-10-/t21-,23-,24-,25-,26?,30+,31-/m0/s1. The van der Waals surface area contributed by atoms with Crippen LogP contribution in [0.5, 0.6) is 0 Å². The first-order valence-electron chi connectivity index (χ1n) is 14.3. The van der Waals surface area contributed by atoms with Crippen molar-refractivity contribution in [1.29, 1.82) is 0 Å². The van der Waals surface area contributed by atoms with Gasteiger partial charge in [-0.2, -0.15) is 0 Å². The minimum Gasteiger partial charge on any atom is -0.465 e. The van der Waals surface area contributed by atoms with Crippen LogP contribution in [0, 0.1) is 17.8 Å². The van der Waals surface area contributed by atoms with Gasteiger partial charge in [0.25, 0.3) is 0 Å². The van der Waals surface area contributed by atoms with Crippen LogP contribution in [0.3, 0.4) is 0 Å². The van der Waals surface area contributed by atoms with Gasteiger partial charge in [-0.1, -0.05) is 74.9 Å². The van der Waals surface area contributed by atoms with E-state index in [1.807, 2.05) is 75.4 Å². The highest BCUT2D eigenvalue weighted by atomic mass is 16.6. The topological polar surface area (TPSA) is 96.4 Å². The van der Waals surface area contributed by atoms with E-state index in [0.29, 0.717) is 19.5 Å². The summed E-state index contributed by atoms with van der Waals surface area (Å²) >= 11 is 0. The number of hydrogen-bond donors (Lipinski definition) is 1. The zero-order valence-corrected chi connectivity index (χ0v) is 23.1. The molecule has 2 fully saturated rings. The molecule has 7 atom stereocenters. The first kappa shape index (κ1) is 27.6. The molecule has 0 bridgehead atoms. The SMILES string of the molecule is CC[C@H](C)[C@H](CO)N1C(=O)[C@@H]2[C@H]3C(=O)OCCCC/C=C\[C@@]3(C)O[C@@]23C=CCN(Cc2ccccc2)C(=O)C13. The average molecular weight is 537 g/mol. The van der Waals surface area contributed by atoms with Crippen molar-refractivity contribution in [2.24, 2.45) is 17.8 Å². The van der Waals surface area contributed by atoms with Gasteiger partial charge in [0.1, 0.15) is 17.6 Å². The Morgan fingerprint density at radius 3 is 2.54 bits per heavy atom. The highest BCUT2D eigenvalue weighted by Crippen LogP contribution is 2.57. The molecule has 210 valence electrons. The Labute approximate surface area is 230 Å². The van der Waals surface area contributed by atoms with Crippen LogP contribution < -0.4 is 0 Å². The summed E-state index contributed by atoms with van der Waals surface area (Å²) in [5.74, 6) is -2.99. The van der Waals surface area contributed by atoms with Crippen LogP contribution in [-0.2, 0) is 30.4 Å². The summed E-state index contributed by atoms with van der Waals surface area (Å²) in [4.78, 5) is 45.9. The highest BCUT2D eigenvalue weighted by Gasteiger charge is 2.75. The summed E-state index contributed by atoms with van der Waals surface area (Å²) in [5, 5.41) is 10.5. The van der Waals surface area contributed by atoms with E-state index in [-0.39, 0.29) is 30.9 Å². The second-order valence-electron chi connectivity index (χ2n) is 11.6. The molecule has 1 spiro atoms. The number of amides is 2. The lowest BCUT2D eigenvalue weighted by Crippen LogP contribution is -2.59. The molecule has 1 N–H and O–H groups in total. The molecule has 1 unspecified atom stereocenters. The van der Waals surface area contributed by atoms with Crippen molar-refractivity contribution in [2.75, 3.05) is 19.8 Å². The number of fused-ring (bicyclic) bond motifs is 2. The van der Waals surface area contributed by atoms with E-state index < -0.39 is 41.1 Å². The van der Waals surface area contributed by atoms with Crippen molar-refractivity contribution in [1.82, 2.24) is 9.80 Å². The average Bonchev–Trinajstić information content (AvgIpc) is 3.26. The maximum Gasteiger partial charge on any atom is 0.313 e. The minimum atomic E-state index is -1.36. The lowest BCUT2D eigenvalue weighted by molar-refractivity contribution is -0.162. The molecule has 5 rings (SSSR count). The summed E-state index contributed by atoms with van der Waals surface area (Å²) in [7, 11) is 0. The molecule has 2 amide bonds. The van der Waals surface area contributed by atoms with Gasteiger partial charge in [-0.05, 0) is 37.7 Å². The highest BCUT2D eigenvalue weighted by molar-refractivity contribution is 5.99. The maximum atomic E-state index is 14.5. The zero-order chi connectivity index (χ0) is 27.8. The summed E-state index contributed by atoms with van der Waals surface area (Å²) in [6, 6.07) is 8.12. The van der Waals surface area contributed by atoms with Crippen LogP contribution in [0.2, 0.25) is 0 Å². The summed E-state index contributed by atoms with van der Waals surface area (Å²) < 4.78 is 12.5. The number of carbonyl (C=O) groups is 3. The van der Waals surface area contributed by atoms with Gasteiger partial charge in [0.2, 0.25) is 11.8 Å². The molecule has 1 aromatic rings. The molecule has 2 saturated heterocycles. The number of aliphatic hydroxyl groups excluding tert-OH is 1. The van der Waals surface area contributed by atoms with Gasteiger partial charge < -0.3 is 24.4 Å². The monoisotopic (exact) mass is 536 g/mol. The van der Waals surface area contributed by atoms with E-state index in [9.17, 15) is 19.5 Å². The van der Waals surface area contributed by atoms with Crippen LogP contribution in [-0.4, -0.2) is 75.7 Å². The molecule has 4 heterocycles. The molecule has 8 heteroatoms. The van der Waals surface area contributed by atoms with Crippen molar-refractivity contribution in [3.05, 3.63) is 60.2 Å². The predicted molar refractivity (Wildman–Crippen MR) is 145 cm³/mol. The van der Waals surface area contributed by atoms with Crippen LogP contribution in [0.4, 0.5) is 0 Å². The summed E-state index contributed by atoms with van der Waals surface area (Å²) in [6.45, 7) is 6.51. The van der Waals surface area contributed by atoms with Gasteiger partial charge in [-0.3, -0.25) is 14.4 Å². The lowest BCUT2D eigenvalue weighted by Gasteiger charge is -2.41. The summed E-state index contributed by atoms with van der Waals surface area (Å²) in [5.41, 5.74) is -1.51. The predicted octanol–water partition coefficient (Wildman–Crippen LogP) is 3.25. The number of ether oxygens (including phenoxy) is 2. The van der Waals surface area contributed by atoms with E-state index in [1.165, 1.54) is 0 Å². The fraction of sp³-hybridized carbons (Fsp3) is 0.581. The van der Waals surface area contributed by atoms with Crippen LogP contribution in [0.15, 0.2) is 54.6 Å². The van der Waals surface area contributed by atoms with Gasteiger partial charge in [-0.25, -0.2) is 0 Å². The number of likely N-dealkylation sites (tertiary alicyclic amines) is 1. The third-order valence-corrected chi connectivity index (χ3v) is 9.08. The Morgan fingerprint density at radius 2 is 1.82 bits per heavy atom. The first-order valence-corrected chi connectivity index (χ1v) is 14.3. The Morgan fingerprint density at radius 1 is 1.05 bits per heavy atom. The van der Waals surface area contributed by atoms with Gasteiger partial charge in [0, 0.05) is 13.1 Å². The number of esters is 1. The molecule has 39 heavy (non-hydrogen) atoms. The summed E-state index contributed by atoms with van der Waals surface area (Å²) in [6.07, 6.45) is 10.8. The molecule has 0 radical (unpaired) electrons. The van der Waals surface area contributed by atoms with E-state index in [4.69, 9.17) is 9.47 Å². The van der Waals surface area contributed by atoms with E-state index in [2.05, 4.69) is 0 Å². The molecule has 4 aliphatic heterocycles.